The molecule has 0 saturated heterocycles. The van der Waals surface area contributed by atoms with E-state index in [9.17, 15) is 9.59 Å². The van der Waals surface area contributed by atoms with Gasteiger partial charge in [-0.2, -0.15) is 0 Å². The number of amides is 1. The molecular formula is C15H20ClNO4. The van der Waals surface area contributed by atoms with Gasteiger partial charge >= 0.3 is 5.97 Å². The second-order valence-electron chi connectivity index (χ2n) is 4.77. The number of carbonyl (C=O) groups is 2. The van der Waals surface area contributed by atoms with Crippen molar-refractivity contribution in [1.29, 1.82) is 0 Å². The van der Waals surface area contributed by atoms with Crippen molar-refractivity contribution >= 4 is 29.2 Å². The molecule has 0 N–H and O–H groups in total. The quantitative estimate of drug-likeness (QED) is 0.758. The van der Waals surface area contributed by atoms with Crippen LogP contribution in [0.4, 0.5) is 5.69 Å². The van der Waals surface area contributed by atoms with Crippen LogP contribution in [-0.2, 0) is 19.1 Å². The highest BCUT2D eigenvalue weighted by Gasteiger charge is 2.29. The number of methoxy groups -OCH3 is 1. The fraction of sp³-hybridized carbons (Fsp3) is 0.467. The summed E-state index contributed by atoms with van der Waals surface area (Å²) in [4.78, 5) is 25.5. The van der Waals surface area contributed by atoms with Crippen LogP contribution < -0.4 is 4.90 Å². The van der Waals surface area contributed by atoms with Gasteiger partial charge < -0.3 is 9.47 Å². The smallest absolute Gasteiger partial charge is 0.328 e. The first-order valence-corrected chi connectivity index (χ1v) is 7.02. The summed E-state index contributed by atoms with van der Waals surface area (Å²) in [5.74, 6) is -0.873. The molecule has 1 aromatic carbocycles. The number of halogens is 1. The summed E-state index contributed by atoms with van der Waals surface area (Å²) in [6.45, 7) is 5.11. The molecule has 0 fully saturated rings. The molecule has 0 heterocycles. The molecule has 0 aliphatic rings. The molecule has 1 unspecified atom stereocenters. The largest absolute Gasteiger partial charge is 0.467 e. The summed E-state index contributed by atoms with van der Waals surface area (Å²) in [5, 5.41) is 0.381. The second kappa shape index (κ2) is 8.00. The van der Waals surface area contributed by atoms with Crippen molar-refractivity contribution in [2.45, 2.75) is 32.9 Å². The number of carbonyl (C=O) groups excluding carboxylic acids is 2. The highest BCUT2D eigenvalue weighted by molar-refractivity contribution is 6.34. The average Bonchev–Trinajstić information content (AvgIpc) is 2.46. The van der Waals surface area contributed by atoms with E-state index in [2.05, 4.69) is 0 Å². The molecule has 0 aromatic heterocycles. The van der Waals surface area contributed by atoms with E-state index in [1.165, 1.54) is 12.0 Å². The standard InChI is InChI=1S/C15H20ClNO4/c1-10(2)21-9-14(18)17(11(3)15(19)20-4)13-8-6-5-7-12(13)16/h5-8,10-11H,9H2,1-4H3. The van der Waals surface area contributed by atoms with Crippen LogP contribution in [0, 0.1) is 0 Å². The maximum absolute atomic E-state index is 12.4. The molecule has 0 radical (unpaired) electrons. The van der Waals surface area contributed by atoms with E-state index in [-0.39, 0.29) is 18.6 Å². The van der Waals surface area contributed by atoms with E-state index in [1.54, 1.807) is 31.2 Å². The SMILES string of the molecule is COC(=O)C(C)N(C(=O)COC(C)C)c1ccccc1Cl. The summed E-state index contributed by atoms with van der Waals surface area (Å²) in [5.41, 5.74) is 0.453. The van der Waals surface area contributed by atoms with Crippen LogP contribution in [0.1, 0.15) is 20.8 Å². The van der Waals surface area contributed by atoms with Gasteiger partial charge in [-0.3, -0.25) is 9.69 Å². The molecule has 1 aromatic rings. The van der Waals surface area contributed by atoms with Crippen LogP contribution in [0.3, 0.4) is 0 Å². The molecule has 1 rings (SSSR count). The predicted octanol–water partition coefficient (Wildman–Crippen LogP) is 2.66. The minimum Gasteiger partial charge on any atom is -0.467 e. The molecule has 0 bridgehead atoms. The lowest BCUT2D eigenvalue weighted by atomic mass is 10.2. The molecular weight excluding hydrogens is 294 g/mol. The number of nitrogens with zero attached hydrogens (tertiary/aromatic N) is 1. The molecule has 21 heavy (non-hydrogen) atoms. The minimum absolute atomic E-state index is 0.0875. The fourth-order valence-electron chi connectivity index (χ4n) is 1.79. The molecule has 116 valence electrons. The van der Waals surface area contributed by atoms with Gasteiger partial charge in [-0.1, -0.05) is 23.7 Å². The van der Waals surface area contributed by atoms with Gasteiger partial charge in [0.25, 0.3) is 5.91 Å². The number of para-hydroxylation sites is 1. The summed E-state index contributed by atoms with van der Waals surface area (Å²) < 4.78 is 10.0. The zero-order valence-corrected chi connectivity index (χ0v) is 13.4. The monoisotopic (exact) mass is 313 g/mol. The zero-order valence-electron chi connectivity index (χ0n) is 12.6. The minimum atomic E-state index is -0.793. The van der Waals surface area contributed by atoms with E-state index in [4.69, 9.17) is 21.1 Å². The molecule has 0 saturated carbocycles. The van der Waals surface area contributed by atoms with Crippen molar-refractivity contribution in [3.8, 4) is 0 Å². The van der Waals surface area contributed by atoms with E-state index in [1.807, 2.05) is 13.8 Å². The Kier molecular flexibility index (Phi) is 6.65. The fourth-order valence-corrected chi connectivity index (χ4v) is 2.02. The van der Waals surface area contributed by atoms with Crippen LogP contribution in [-0.4, -0.2) is 37.7 Å². The highest BCUT2D eigenvalue weighted by Crippen LogP contribution is 2.27. The maximum atomic E-state index is 12.4. The van der Waals surface area contributed by atoms with Gasteiger partial charge in [0.05, 0.1) is 23.9 Å². The molecule has 0 aliphatic heterocycles. The Hall–Kier alpha value is -1.59. The number of esters is 1. The lowest BCUT2D eigenvalue weighted by molar-refractivity contribution is -0.143. The van der Waals surface area contributed by atoms with Gasteiger partial charge in [0, 0.05) is 0 Å². The van der Waals surface area contributed by atoms with Crippen LogP contribution in [0.15, 0.2) is 24.3 Å². The second-order valence-corrected chi connectivity index (χ2v) is 5.18. The predicted molar refractivity (Wildman–Crippen MR) is 81.5 cm³/mol. The Bertz CT molecular complexity index is 504. The Morgan fingerprint density at radius 2 is 1.86 bits per heavy atom. The Balaban J connectivity index is 3.08. The number of rotatable bonds is 6. The molecule has 1 atom stereocenters. The number of ether oxygens (including phenoxy) is 2. The molecule has 1 amide bonds. The third-order valence-electron chi connectivity index (χ3n) is 2.85. The van der Waals surface area contributed by atoms with E-state index in [0.29, 0.717) is 10.7 Å². The van der Waals surface area contributed by atoms with Crippen molar-refractivity contribution in [1.82, 2.24) is 0 Å². The first kappa shape index (κ1) is 17.5. The number of hydrogen-bond acceptors (Lipinski definition) is 4. The van der Waals surface area contributed by atoms with Gasteiger partial charge in [0.2, 0.25) is 0 Å². The van der Waals surface area contributed by atoms with Gasteiger partial charge in [-0.05, 0) is 32.9 Å². The van der Waals surface area contributed by atoms with Crippen molar-refractivity contribution in [3.05, 3.63) is 29.3 Å². The van der Waals surface area contributed by atoms with E-state index < -0.39 is 12.0 Å². The Labute approximate surface area is 129 Å². The highest BCUT2D eigenvalue weighted by atomic mass is 35.5. The molecule has 5 nitrogen and oxygen atoms in total. The van der Waals surface area contributed by atoms with Crippen molar-refractivity contribution in [2.24, 2.45) is 0 Å². The van der Waals surface area contributed by atoms with Crippen LogP contribution in [0.25, 0.3) is 0 Å². The van der Waals surface area contributed by atoms with Crippen molar-refractivity contribution in [2.75, 3.05) is 18.6 Å². The number of hydrogen-bond donors (Lipinski definition) is 0. The number of benzene rings is 1. The molecule has 0 spiro atoms. The van der Waals surface area contributed by atoms with Gasteiger partial charge in [-0.15, -0.1) is 0 Å². The summed E-state index contributed by atoms with van der Waals surface area (Å²) in [6, 6.07) is 6.04. The third kappa shape index (κ3) is 4.72. The van der Waals surface area contributed by atoms with Crippen molar-refractivity contribution in [3.63, 3.8) is 0 Å². The van der Waals surface area contributed by atoms with Crippen LogP contribution in [0.5, 0.6) is 0 Å². The lowest BCUT2D eigenvalue weighted by Gasteiger charge is -2.28. The first-order valence-electron chi connectivity index (χ1n) is 6.64. The van der Waals surface area contributed by atoms with E-state index >= 15 is 0 Å². The van der Waals surface area contributed by atoms with Crippen LogP contribution in [0.2, 0.25) is 5.02 Å². The van der Waals surface area contributed by atoms with E-state index in [0.717, 1.165) is 0 Å². The van der Waals surface area contributed by atoms with Gasteiger partial charge in [0.1, 0.15) is 12.6 Å². The summed E-state index contributed by atoms with van der Waals surface area (Å²) in [6.07, 6.45) is -0.0875. The van der Waals surface area contributed by atoms with Gasteiger partial charge in [-0.25, -0.2) is 4.79 Å². The Morgan fingerprint density at radius 3 is 2.38 bits per heavy atom. The molecule has 0 aliphatic carbocycles. The molecule has 6 heteroatoms. The summed E-state index contributed by atoms with van der Waals surface area (Å²) >= 11 is 6.13. The average molecular weight is 314 g/mol. The lowest BCUT2D eigenvalue weighted by Crippen LogP contribution is -2.46. The van der Waals surface area contributed by atoms with Crippen molar-refractivity contribution < 1.29 is 19.1 Å². The third-order valence-corrected chi connectivity index (χ3v) is 3.17. The maximum Gasteiger partial charge on any atom is 0.328 e. The number of anilines is 1. The zero-order chi connectivity index (χ0) is 16.0. The van der Waals surface area contributed by atoms with Gasteiger partial charge in [0.15, 0.2) is 0 Å². The topological polar surface area (TPSA) is 55.8 Å². The Morgan fingerprint density at radius 1 is 1.24 bits per heavy atom. The first-order chi connectivity index (χ1) is 9.88. The summed E-state index contributed by atoms with van der Waals surface area (Å²) in [7, 11) is 1.28. The van der Waals surface area contributed by atoms with Crippen LogP contribution >= 0.6 is 11.6 Å². The normalized spacial score (nSPS) is 12.1.